The third-order valence-electron chi connectivity index (χ3n) is 4.94. The van der Waals surface area contributed by atoms with Gasteiger partial charge >= 0.3 is 12.1 Å². The number of carbonyl (C=O) groups is 3. The molecule has 0 bridgehead atoms. The van der Waals surface area contributed by atoms with Crippen molar-refractivity contribution in [2.45, 2.75) is 49.5 Å². The van der Waals surface area contributed by atoms with Gasteiger partial charge in [0.2, 0.25) is 0 Å². The number of esters is 1. The molecule has 2 amide bonds. The summed E-state index contributed by atoms with van der Waals surface area (Å²) in [6.45, 7) is 6.97. The number of alkyl carbamates (subject to hydrolysis) is 1. The molecule has 9 heteroatoms. The van der Waals surface area contributed by atoms with Crippen LogP contribution in [0.5, 0.6) is 5.75 Å². The van der Waals surface area contributed by atoms with Crippen molar-refractivity contribution in [3.05, 3.63) is 54.1 Å². The zero-order valence-corrected chi connectivity index (χ0v) is 20.8. The molecule has 34 heavy (non-hydrogen) atoms. The molecule has 182 valence electrons. The maximum absolute atomic E-state index is 13.7. The topological polar surface area (TPSA) is 94.2 Å². The predicted molar refractivity (Wildman–Crippen MR) is 130 cm³/mol. The Balaban J connectivity index is 1.91. The van der Waals surface area contributed by atoms with Crippen LogP contribution in [0.1, 0.15) is 38.5 Å². The molecule has 0 aromatic heterocycles. The SMILES string of the molecule is COc1ccc(C2Sc3ccccc3N(CCNC(=O)OC(C)(C)C)C(=O)C2OC(C)=O)cc1. The van der Waals surface area contributed by atoms with Crippen LogP contribution in [0.15, 0.2) is 53.4 Å². The largest absolute Gasteiger partial charge is 0.497 e. The summed E-state index contributed by atoms with van der Waals surface area (Å²) in [5, 5.41) is 2.22. The van der Waals surface area contributed by atoms with Crippen molar-refractivity contribution in [3.63, 3.8) is 0 Å². The summed E-state index contributed by atoms with van der Waals surface area (Å²) in [6, 6.07) is 14.9. The molecule has 8 nitrogen and oxygen atoms in total. The van der Waals surface area contributed by atoms with Gasteiger partial charge in [0.05, 0.1) is 18.0 Å². The Labute approximate surface area is 203 Å². The highest BCUT2D eigenvalue weighted by Crippen LogP contribution is 2.46. The maximum Gasteiger partial charge on any atom is 0.407 e. The van der Waals surface area contributed by atoms with E-state index in [-0.39, 0.29) is 19.0 Å². The lowest BCUT2D eigenvalue weighted by Gasteiger charge is -2.28. The number of carbonyl (C=O) groups excluding carboxylic acids is 3. The van der Waals surface area contributed by atoms with Gasteiger partial charge in [-0.3, -0.25) is 9.59 Å². The second kappa shape index (κ2) is 10.8. The standard InChI is InChI=1S/C25H30N2O6S/c1-16(28)32-21-22(17-10-12-18(31-5)13-11-17)34-20-9-7-6-8-19(20)27(23(21)29)15-14-26-24(30)33-25(2,3)4/h6-13,21-22H,14-15H2,1-5H3,(H,26,30). The van der Waals surface area contributed by atoms with Crippen LogP contribution >= 0.6 is 11.8 Å². The Hall–Kier alpha value is -3.20. The van der Waals surface area contributed by atoms with Gasteiger partial charge in [0.25, 0.3) is 5.91 Å². The van der Waals surface area contributed by atoms with E-state index in [0.29, 0.717) is 11.4 Å². The van der Waals surface area contributed by atoms with Gasteiger partial charge < -0.3 is 24.4 Å². The van der Waals surface area contributed by atoms with Gasteiger partial charge in [-0.2, -0.15) is 0 Å². The second-order valence-corrected chi connectivity index (χ2v) is 9.91. The molecule has 0 radical (unpaired) electrons. The van der Waals surface area contributed by atoms with E-state index in [1.165, 1.54) is 18.7 Å². The second-order valence-electron chi connectivity index (χ2n) is 8.73. The van der Waals surface area contributed by atoms with Gasteiger partial charge in [0.1, 0.15) is 11.4 Å². The molecular formula is C25H30N2O6S. The summed E-state index contributed by atoms with van der Waals surface area (Å²) >= 11 is 1.46. The van der Waals surface area contributed by atoms with Crippen molar-refractivity contribution in [1.29, 1.82) is 0 Å². The summed E-state index contributed by atoms with van der Waals surface area (Å²) in [5.41, 5.74) is 0.892. The Morgan fingerprint density at radius 1 is 1.09 bits per heavy atom. The van der Waals surface area contributed by atoms with Crippen LogP contribution in [-0.4, -0.2) is 49.9 Å². The number of nitrogens with one attached hydrogen (secondary N) is 1. The smallest absolute Gasteiger partial charge is 0.407 e. The van der Waals surface area contributed by atoms with Gasteiger partial charge in [0.15, 0.2) is 6.10 Å². The van der Waals surface area contributed by atoms with E-state index in [1.807, 2.05) is 48.5 Å². The number of para-hydroxylation sites is 1. The highest BCUT2D eigenvalue weighted by molar-refractivity contribution is 7.99. The summed E-state index contributed by atoms with van der Waals surface area (Å²) in [5.74, 6) is -0.220. The molecule has 3 rings (SSSR count). The summed E-state index contributed by atoms with van der Waals surface area (Å²) in [7, 11) is 1.58. The highest BCUT2D eigenvalue weighted by atomic mass is 32.2. The molecule has 1 aliphatic rings. The number of methoxy groups -OCH3 is 1. The molecule has 0 spiro atoms. The Kier molecular flexibility index (Phi) is 8.09. The van der Waals surface area contributed by atoms with Crippen LogP contribution in [-0.2, 0) is 19.1 Å². The third kappa shape index (κ3) is 6.44. The van der Waals surface area contributed by atoms with Crippen LogP contribution in [0.3, 0.4) is 0 Å². The first-order valence-corrected chi connectivity index (χ1v) is 11.8. The van der Waals surface area contributed by atoms with Gasteiger partial charge in [-0.15, -0.1) is 11.8 Å². The Morgan fingerprint density at radius 2 is 1.76 bits per heavy atom. The number of rotatable bonds is 6. The Morgan fingerprint density at radius 3 is 2.38 bits per heavy atom. The third-order valence-corrected chi connectivity index (χ3v) is 6.31. The molecular weight excluding hydrogens is 456 g/mol. The molecule has 2 unspecified atom stereocenters. The number of benzene rings is 2. The lowest BCUT2D eigenvalue weighted by atomic mass is 10.1. The molecule has 2 aromatic carbocycles. The van der Waals surface area contributed by atoms with Gasteiger partial charge in [-0.25, -0.2) is 4.79 Å². The number of hydrogen-bond acceptors (Lipinski definition) is 7. The number of amides is 2. The van der Waals surface area contributed by atoms with Crippen LogP contribution in [0.25, 0.3) is 0 Å². The van der Waals surface area contributed by atoms with E-state index in [9.17, 15) is 14.4 Å². The molecule has 2 aromatic rings. The first-order chi connectivity index (χ1) is 16.1. The average Bonchev–Trinajstić information content (AvgIpc) is 2.88. The van der Waals surface area contributed by atoms with Gasteiger partial charge in [-0.05, 0) is 50.6 Å². The van der Waals surface area contributed by atoms with Crippen LogP contribution in [0, 0.1) is 0 Å². The predicted octanol–water partition coefficient (Wildman–Crippen LogP) is 4.33. The molecule has 0 saturated heterocycles. The van der Waals surface area contributed by atoms with Crippen LogP contribution in [0.4, 0.5) is 10.5 Å². The molecule has 0 aliphatic carbocycles. The normalized spacial score (nSPS) is 17.9. The number of hydrogen-bond donors (Lipinski definition) is 1. The highest BCUT2D eigenvalue weighted by Gasteiger charge is 2.40. The van der Waals surface area contributed by atoms with Crippen molar-refractivity contribution in [2.75, 3.05) is 25.1 Å². The lowest BCUT2D eigenvalue weighted by molar-refractivity contribution is -0.152. The first-order valence-electron chi connectivity index (χ1n) is 10.9. The van der Waals surface area contributed by atoms with E-state index in [2.05, 4.69) is 5.32 Å². The first kappa shape index (κ1) is 25.4. The maximum atomic E-state index is 13.7. The lowest BCUT2D eigenvalue weighted by Crippen LogP contribution is -2.46. The number of fused-ring (bicyclic) bond motifs is 1. The molecule has 0 fully saturated rings. The summed E-state index contributed by atoms with van der Waals surface area (Å²) < 4.78 is 16.1. The van der Waals surface area contributed by atoms with Gasteiger partial charge in [0, 0.05) is 24.9 Å². The van der Waals surface area contributed by atoms with Gasteiger partial charge in [-0.1, -0.05) is 24.3 Å². The van der Waals surface area contributed by atoms with E-state index in [4.69, 9.17) is 14.2 Å². The fourth-order valence-electron chi connectivity index (χ4n) is 3.52. The molecule has 1 heterocycles. The minimum Gasteiger partial charge on any atom is -0.497 e. The fraction of sp³-hybridized carbons (Fsp3) is 0.400. The molecule has 2 atom stereocenters. The van der Waals surface area contributed by atoms with Crippen molar-refractivity contribution in [2.24, 2.45) is 0 Å². The number of nitrogens with zero attached hydrogens (tertiary/aromatic N) is 1. The molecule has 1 aliphatic heterocycles. The fourth-order valence-corrected chi connectivity index (χ4v) is 4.84. The monoisotopic (exact) mass is 486 g/mol. The van der Waals surface area contributed by atoms with E-state index in [1.54, 1.807) is 32.8 Å². The van der Waals surface area contributed by atoms with Crippen molar-refractivity contribution in [1.82, 2.24) is 5.32 Å². The average molecular weight is 487 g/mol. The zero-order chi connectivity index (χ0) is 24.9. The van der Waals surface area contributed by atoms with Crippen LogP contribution < -0.4 is 15.0 Å². The van der Waals surface area contributed by atoms with Crippen molar-refractivity contribution < 1.29 is 28.6 Å². The van der Waals surface area contributed by atoms with Crippen molar-refractivity contribution in [3.8, 4) is 5.75 Å². The Bertz CT molecular complexity index is 1030. The number of ether oxygens (including phenoxy) is 3. The van der Waals surface area contributed by atoms with E-state index in [0.717, 1.165) is 10.5 Å². The zero-order valence-electron chi connectivity index (χ0n) is 20.0. The summed E-state index contributed by atoms with van der Waals surface area (Å²) in [4.78, 5) is 40.2. The van der Waals surface area contributed by atoms with E-state index >= 15 is 0 Å². The minimum absolute atomic E-state index is 0.166. The number of anilines is 1. The summed E-state index contributed by atoms with van der Waals surface area (Å²) in [6.07, 6.45) is -1.62. The minimum atomic E-state index is -1.05. The van der Waals surface area contributed by atoms with Crippen LogP contribution in [0.2, 0.25) is 0 Å². The molecule has 0 saturated carbocycles. The van der Waals surface area contributed by atoms with Crippen molar-refractivity contribution >= 4 is 35.4 Å². The quantitative estimate of drug-likeness (QED) is 0.607. The number of thioether (sulfide) groups is 1. The molecule has 1 N–H and O–H groups in total. The van der Waals surface area contributed by atoms with E-state index < -0.39 is 29.0 Å².